The van der Waals surface area contributed by atoms with Gasteiger partial charge in [-0.3, -0.25) is 0 Å². The molecule has 1 saturated heterocycles. The van der Waals surface area contributed by atoms with Gasteiger partial charge in [0.15, 0.2) is 0 Å². The Bertz CT molecular complexity index is 419. The van der Waals surface area contributed by atoms with Gasteiger partial charge in [-0.1, -0.05) is 23.8 Å². The average Bonchev–Trinajstić information content (AvgIpc) is 2.36. The van der Waals surface area contributed by atoms with Crippen LogP contribution in [-0.4, -0.2) is 24.4 Å². The van der Waals surface area contributed by atoms with Crippen LogP contribution >= 0.6 is 0 Å². The lowest BCUT2D eigenvalue weighted by molar-refractivity contribution is -0.0237. The standard InChI is InChI=1S/C15H20O2/c1-11-2-3-12-4-5-14(16)15(13(12)10-11)6-8-17-9-7-15/h2-3,10,14,16H,4-9H2,1H3. The van der Waals surface area contributed by atoms with Gasteiger partial charge in [-0.05, 0) is 43.7 Å². The van der Waals surface area contributed by atoms with Crippen molar-refractivity contribution < 1.29 is 9.84 Å². The molecule has 0 radical (unpaired) electrons. The Morgan fingerprint density at radius 3 is 2.82 bits per heavy atom. The summed E-state index contributed by atoms with van der Waals surface area (Å²) in [5.74, 6) is 0. The minimum absolute atomic E-state index is 0.0299. The molecule has 2 heteroatoms. The van der Waals surface area contributed by atoms with Crippen LogP contribution in [0.2, 0.25) is 0 Å². The fourth-order valence-electron chi connectivity index (χ4n) is 3.46. The maximum atomic E-state index is 10.5. The molecular formula is C15H20O2. The predicted molar refractivity (Wildman–Crippen MR) is 67.2 cm³/mol. The molecule has 2 aliphatic rings. The van der Waals surface area contributed by atoms with Gasteiger partial charge in [-0.2, -0.15) is 0 Å². The van der Waals surface area contributed by atoms with E-state index < -0.39 is 0 Å². The number of hydrogen-bond acceptors (Lipinski definition) is 2. The molecule has 0 aromatic heterocycles. The van der Waals surface area contributed by atoms with Crippen LogP contribution in [0.1, 0.15) is 36.0 Å². The van der Waals surface area contributed by atoms with Gasteiger partial charge in [-0.15, -0.1) is 0 Å². The van der Waals surface area contributed by atoms with E-state index in [9.17, 15) is 5.11 Å². The highest BCUT2D eigenvalue weighted by Crippen LogP contribution is 2.44. The summed E-state index contributed by atoms with van der Waals surface area (Å²) in [4.78, 5) is 0. The van der Waals surface area contributed by atoms with Crippen molar-refractivity contribution in [1.82, 2.24) is 0 Å². The Labute approximate surface area is 103 Å². The molecule has 0 bridgehead atoms. The van der Waals surface area contributed by atoms with Gasteiger partial charge in [0.1, 0.15) is 0 Å². The second kappa shape index (κ2) is 4.11. The molecule has 1 aliphatic carbocycles. The van der Waals surface area contributed by atoms with Gasteiger partial charge in [0, 0.05) is 18.6 Å². The molecule has 1 N–H and O–H groups in total. The van der Waals surface area contributed by atoms with Crippen molar-refractivity contribution in [3.63, 3.8) is 0 Å². The van der Waals surface area contributed by atoms with Gasteiger partial charge in [-0.25, -0.2) is 0 Å². The number of benzene rings is 1. The highest BCUT2D eigenvalue weighted by atomic mass is 16.5. The molecule has 0 saturated carbocycles. The zero-order valence-corrected chi connectivity index (χ0v) is 10.4. The number of ether oxygens (including phenoxy) is 1. The minimum atomic E-state index is -0.194. The van der Waals surface area contributed by atoms with E-state index in [1.165, 1.54) is 16.7 Å². The van der Waals surface area contributed by atoms with Crippen LogP contribution in [0.25, 0.3) is 0 Å². The van der Waals surface area contributed by atoms with Crippen LogP contribution in [0.15, 0.2) is 18.2 Å². The molecular weight excluding hydrogens is 212 g/mol. The topological polar surface area (TPSA) is 29.5 Å². The van der Waals surface area contributed by atoms with Crippen molar-refractivity contribution >= 4 is 0 Å². The van der Waals surface area contributed by atoms with Crippen LogP contribution in [0.5, 0.6) is 0 Å². The van der Waals surface area contributed by atoms with Crippen LogP contribution in [0.4, 0.5) is 0 Å². The van der Waals surface area contributed by atoms with Crippen molar-refractivity contribution in [2.24, 2.45) is 0 Å². The van der Waals surface area contributed by atoms with E-state index >= 15 is 0 Å². The van der Waals surface area contributed by atoms with Crippen molar-refractivity contribution in [3.05, 3.63) is 34.9 Å². The maximum Gasteiger partial charge on any atom is 0.0641 e. The first-order valence-electron chi connectivity index (χ1n) is 6.58. The summed E-state index contributed by atoms with van der Waals surface area (Å²) < 4.78 is 5.48. The molecule has 1 atom stereocenters. The summed E-state index contributed by atoms with van der Waals surface area (Å²) in [6.45, 7) is 3.70. The monoisotopic (exact) mass is 232 g/mol. The number of rotatable bonds is 0. The lowest BCUT2D eigenvalue weighted by Gasteiger charge is -2.45. The number of aliphatic hydroxyl groups is 1. The zero-order valence-electron chi connectivity index (χ0n) is 10.4. The Balaban J connectivity index is 2.11. The number of hydrogen-bond donors (Lipinski definition) is 1. The second-order valence-corrected chi connectivity index (χ2v) is 5.48. The fraction of sp³-hybridized carbons (Fsp3) is 0.600. The fourth-order valence-corrected chi connectivity index (χ4v) is 3.46. The third-order valence-electron chi connectivity index (χ3n) is 4.51. The lowest BCUT2D eigenvalue weighted by atomic mass is 9.63. The van der Waals surface area contributed by atoms with E-state index in [4.69, 9.17) is 4.74 Å². The summed E-state index contributed by atoms with van der Waals surface area (Å²) in [5.41, 5.74) is 4.09. The molecule has 17 heavy (non-hydrogen) atoms. The van der Waals surface area contributed by atoms with Crippen LogP contribution < -0.4 is 0 Å². The second-order valence-electron chi connectivity index (χ2n) is 5.48. The lowest BCUT2D eigenvalue weighted by Crippen LogP contribution is -2.47. The first kappa shape index (κ1) is 11.2. The first-order valence-corrected chi connectivity index (χ1v) is 6.58. The van der Waals surface area contributed by atoms with Gasteiger partial charge in [0.2, 0.25) is 0 Å². The minimum Gasteiger partial charge on any atom is -0.392 e. The molecule has 92 valence electrons. The summed E-state index contributed by atoms with van der Waals surface area (Å²) in [5, 5.41) is 10.5. The quantitative estimate of drug-likeness (QED) is 0.744. The highest BCUT2D eigenvalue weighted by Gasteiger charge is 2.44. The Morgan fingerprint density at radius 2 is 2.06 bits per heavy atom. The third-order valence-corrected chi connectivity index (χ3v) is 4.51. The van der Waals surface area contributed by atoms with E-state index in [1.54, 1.807) is 0 Å². The molecule has 1 spiro atoms. The van der Waals surface area contributed by atoms with Crippen LogP contribution in [0, 0.1) is 6.92 Å². The number of aliphatic hydroxyl groups excluding tert-OH is 1. The summed E-state index contributed by atoms with van der Waals surface area (Å²) in [7, 11) is 0. The molecule has 2 nitrogen and oxygen atoms in total. The van der Waals surface area contributed by atoms with Crippen molar-refractivity contribution in [3.8, 4) is 0 Å². The van der Waals surface area contributed by atoms with Gasteiger partial charge < -0.3 is 9.84 Å². The van der Waals surface area contributed by atoms with Gasteiger partial charge in [0.05, 0.1) is 6.10 Å². The summed E-state index contributed by atoms with van der Waals surface area (Å²) in [6, 6.07) is 6.71. The summed E-state index contributed by atoms with van der Waals surface area (Å²) in [6.07, 6.45) is 3.64. The smallest absolute Gasteiger partial charge is 0.0641 e. The van der Waals surface area contributed by atoms with Crippen LogP contribution in [0.3, 0.4) is 0 Å². The van der Waals surface area contributed by atoms with Crippen molar-refractivity contribution in [1.29, 1.82) is 0 Å². The third kappa shape index (κ3) is 1.71. The highest BCUT2D eigenvalue weighted by molar-refractivity contribution is 5.41. The normalized spacial score (nSPS) is 26.8. The predicted octanol–water partition coefficient (Wildman–Crippen LogP) is 2.35. The molecule has 1 fully saturated rings. The molecule has 1 aliphatic heterocycles. The molecule has 1 heterocycles. The Morgan fingerprint density at radius 1 is 1.29 bits per heavy atom. The van der Waals surface area contributed by atoms with E-state index in [0.29, 0.717) is 0 Å². The first-order chi connectivity index (χ1) is 8.22. The van der Waals surface area contributed by atoms with Crippen molar-refractivity contribution in [2.75, 3.05) is 13.2 Å². The number of fused-ring (bicyclic) bond motifs is 2. The molecule has 3 rings (SSSR count). The van der Waals surface area contributed by atoms with E-state index in [0.717, 1.165) is 38.9 Å². The van der Waals surface area contributed by atoms with E-state index in [2.05, 4.69) is 25.1 Å². The molecule has 1 aromatic rings. The Kier molecular flexibility index (Phi) is 2.72. The SMILES string of the molecule is Cc1ccc2c(c1)C1(CCOCC1)C(O)CC2. The van der Waals surface area contributed by atoms with Gasteiger partial charge >= 0.3 is 0 Å². The Hall–Kier alpha value is -0.860. The maximum absolute atomic E-state index is 10.5. The van der Waals surface area contributed by atoms with E-state index in [-0.39, 0.29) is 11.5 Å². The molecule has 0 amide bonds. The van der Waals surface area contributed by atoms with Gasteiger partial charge in [0.25, 0.3) is 0 Å². The van der Waals surface area contributed by atoms with Crippen molar-refractivity contribution in [2.45, 2.75) is 44.1 Å². The largest absolute Gasteiger partial charge is 0.392 e. The van der Waals surface area contributed by atoms with E-state index in [1.807, 2.05) is 0 Å². The summed E-state index contributed by atoms with van der Waals surface area (Å²) >= 11 is 0. The molecule has 1 unspecified atom stereocenters. The number of aryl methyl sites for hydroxylation is 2. The van der Waals surface area contributed by atoms with Crippen LogP contribution in [-0.2, 0) is 16.6 Å². The molecule has 1 aromatic carbocycles. The average molecular weight is 232 g/mol. The zero-order chi connectivity index (χ0) is 11.9.